The lowest BCUT2D eigenvalue weighted by Gasteiger charge is -2.28. The van der Waals surface area contributed by atoms with Gasteiger partial charge in [-0.2, -0.15) is 0 Å². The quantitative estimate of drug-likeness (QED) is 0.761. The molecule has 0 aromatic heterocycles. The van der Waals surface area contributed by atoms with Gasteiger partial charge in [0.2, 0.25) is 0 Å². The van der Waals surface area contributed by atoms with E-state index in [2.05, 4.69) is 0 Å². The Morgan fingerprint density at radius 2 is 2.33 bits per heavy atom. The molecule has 1 N–H and O–H groups in total. The molecule has 1 aliphatic rings. The van der Waals surface area contributed by atoms with E-state index in [1.807, 2.05) is 6.92 Å². The summed E-state index contributed by atoms with van der Waals surface area (Å²) in [4.78, 5) is 11.0. The van der Waals surface area contributed by atoms with Crippen molar-refractivity contribution in [1.29, 1.82) is 0 Å². The Hall–Kier alpha value is -0.610. The monoisotopic (exact) mass is 216 g/mol. The Labute approximate surface area is 90.6 Å². The maximum absolute atomic E-state index is 11.0. The lowest BCUT2D eigenvalue weighted by Crippen LogP contribution is -2.40. The topological polar surface area (TPSA) is 55.8 Å². The smallest absolute Gasteiger partial charge is 0.335 e. The summed E-state index contributed by atoms with van der Waals surface area (Å²) in [5.74, 6) is -0.902. The second-order valence-electron chi connectivity index (χ2n) is 4.19. The van der Waals surface area contributed by atoms with Gasteiger partial charge in [-0.1, -0.05) is 6.92 Å². The Kier molecular flexibility index (Phi) is 4.54. The molecular formula is C11H20O4. The number of rotatable bonds is 5. The summed E-state index contributed by atoms with van der Waals surface area (Å²) in [6.07, 6.45) is 3.75. The number of carboxylic acid groups (broad SMARTS) is 1. The number of ether oxygens (including phenoxy) is 2. The first-order valence-electron chi connectivity index (χ1n) is 5.57. The molecule has 1 aliphatic heterocycles. The molecule has 1 heterocycles. The minimum Gasteiger partial charge on any atom is -0.479 e. The second-order valence-corrected chi connectivity index (χ2v) is 4.19. The fraction of sp³-hybridized carbons (Fsp3) is 0.909. The molecule has 4 nitrogen and oxygen atoms in total. The summed E-state index contributed by atoms with van der Waals surface area (Å²) >= 11 is 0. The molecule has 0 radical (unpaired) electrons. The van der Waals surface area contributed by atoms with Crippen LogP contribution in [0.5, 0.6) is 0 Å². The van der Waals surface area contributed by atoms with Crippen molar-refractivity contribution in [2.24, 2.45) is 0 Å². The van der Waals surface area contributed by atoms with Crippen molar-refractivity contribution < 1.29 is 19.4 Å². The van der Waals surface area contributed by atoms with Crippen molar-refractivity contribution in [3.63, 3.8) is 0 Å². The third kappa shape index (κ3) is 3.47. The molecule has 1 rings (SSSR count). The molecule has 0 amide bonds. The zero-order valence-corrected chi connectivity index (χ0v) is 9.49. The molecule has 0 spiro atoms. The Balaban J connectivity index is 2.36. The number of aliphatic carboxylic acids is 1. The maximum atomic E-state index is 11.0. The van der Waals surface area contributed by atoms with Crippen LogP contribution >= 0.6 is 0 Å². The van der Waals surface area contributed by atoms with Gasteiger partial charge >= 0.3 is 5.97 Å². The van der Waals surface area contributed by atoms with Crippen molar-refractivity contribution >= 4 is 5.97 Å². The summed E-state index contributed by atoms with van der Waals surface area (Å²) in [7, 11) is 0. The molecule has 0 aromatic rings. The molecule has 0 aromatic carbocycles. The van der Waals surface area contributed by atoms with E-state index in [0.29, 0.717) is 13.0 Å². The van der Waals surface area contributed by atoms with Crippen molar-refractivity contribution in [3.8, 4) is 0 Å². The van der Waals surface area contributed by atoms with Crippen LogP contribution in [0.1, 0.15) is 39.5 Å². The van der Waals surface area contributed by atoms with E-state index in [4.69, 9.17) is 14.6 Å². The van der Waals surface area contributed by atoms with Crippen LogP contribution in [0.4, 0.5) is 0 Å². The summed E-state index contributed by atoms with van der Waals surface area (Å²) in [5.41, 5.74) is -1.07. The number of carboxylic acids is 1. The highest BCUT2D eigenvalue weighted by Gasteiger charge is 2.33. The van der Waals surface area contributed by atoms with Crippen molar-refractivity contribution in [2.75, 3.05) is 13.2 Å². The van der Waals surface area contributed by atoms with Gasteiger partial charge in [0, 0.05) is 6.61 Å². The molecule has 2 atom stereocenters. The molecule has 88 valence electrons. The predicted molar refractivity (Wildman–Crippen MR) is 55.9 cm³/mol. The van der Waals surface area contributed by atoms with Gasteiger partial charge in [-0.05, 0) is 32.6 Å². The maximum Gasteiger partial charge on any atom is 0.335 e. The molecular weight excluding hydrogens is 196 g/mol. The van der Waals surface area contributed by atoms with E-state index in [1.54, 1.807) is 6.92 Å². The first-order valence-corrected chi connectivity index (χ1v) is 5.57. The normalized spacial score (nSPS) is 25.9. The minimum absolute atomic E-state index is 0.0731. The average Bonchev–Trinajstić information content (AvgIpc) is 2.27. The Bertz CT molecular complexity index is 211. The van der Waals surface area contributed by atoms with Crippen molar-refractivity contribution in [2.45, 2.75) is 51.2 Å². The molecule has 15 heavy (non-hydrogen) atoms. The van der Waals surface area contributed by atoms with Gasteiger partial charge in [-0.3, -0.25) is 0 Å². The standard InChI is InChI=1S/C11H20O4/c1-3-11(2,10(12)13)15-8-9-6-4-5-7-14-9/h9H,3-8H2,1-2H3,(H,12,13). The fourth-order valence-corrected chi connectivity index (χ4v) is 1.53. The van der Waals surface area contributed by atoms with Gasteiger partial charge in [0.25, 0.3) is 0 Å². The van der Waals surface area contributed by atoms with Crippen molar-refractivity contribution in [3.05, 3.63) is 0 Å². The minimum atomic E-state index is -1.07. The van der Waals surface area contributed by atoms with Gasteiger partial charge in [0.1, 0.15) is 0 Å². The van der Waals surface area contributed by atoms with E-state index in [1.165, 1.54) is 0 Å². The van der Waals surface area contributed by atoms with E-state index < -0.39 is 11.6 Å². The third-order valence-corrected chi connectivity index (χ3v) is 2.99. The first kappa shape index (κ1) is 12.5. The van der Waals surface area contributed by atoms with Crippen LogP contribution in [0.3, 0.4) is 0 Å². The van der Waals surface area contributed by atoms with Crippen LogP contribution in [-0.2, 0) is 14.3 Å². The Morgan fingerprint density at radius 1 is 1.60 bits per heavy atom. The van der Waals surface area contributed by atoms with Gasteiger partial charge in [0.05, 0.1) is 12.7 Å². The zero-order valence-electron chi connectivity index (χ0n) is 9.49. The molecule has 2 unspecified atom stereocenters. The van der Waals surface area contributed by atoms with Gasteiger partial charge in [-0.25, -0.2) is 4.79 Å². The average molecular weight is 216 g/mol. The zero-order chi connectivity index (χ0) is 11.3. The van der Waals surface area contributed by atoms with Crippen LogP contribution < -0.4 is 0 Å². The second kappa shape index (κ2) is 5.47. The lowest BCUT2D eigenvalue weighted by atomic mass is 10.0. The largest absolute Gasteiger partial charge is 0.479 e. The highest BCUT2D eigenvalue weighted by molar-refractivity contribution is 5.76. The van der Waals surface area contributed by atoms with Crippen LogP contribution in [0.25, 0.3) is 0 Å². The van der Waals surface area contributed by atoms with E-state index in [0.717, 1.165) is 25.9 Å². The van der Waals surface area contributed by atoms with E-state index in [-0.39, 0.29) is 6.10 Å². The number of hydrogen-bond donors (Lipinski definition) is 1. The number of hydrogen-bond acceptors (Lipinski definition) is 3. The highest BCUT2D eigenvalue weighted by atomic mass is 16.6. The molecule has 0 aliphatic carbocycles. The van der Waals surface area contributed by atoms with Crippen LogP contribution in [0.2, 0.25) is 0 Å². The van der Waals surface area contributed by atoms with E-state index >= 15 is 0 Å². The summed E-state index contributed by atoms with van der Waals surface area (Å²) in [6.45, 7) is 4.58. The fourth-order valence-electron chi connectivity index (χ4n) is 1.53. The van der Waals surface area contributed by atoms with Gasteiger partial charge in [-0.15, -0.1) is 0 Å². The summed E-state index contributed by atoms with van der Waals surface area (Å²) in [6, 6.07) is 0. The van der Waals surface area contributed by atoms with Crippen molar-refractivity contribution in [1.82, 2.24) is 0 Å². The summed E-state index contributed by atoms with van der Waals surface area (Å²) in [5, 5.41) is 9.00. The highest BCUT2D eigenvalue weighted by Crippen LogP contribution is 2.19. The Morgan fingerprint density at radius 3 is 2.80 bits per heavy atom. The van der Waals surface area contributed by atoms with Gasteiger partial charge in [0.15, 0.2) is 5.60 Å². The summed E-state index contributed by atoms with van der Waals surface area (Å²) < 4.78 is 10.9. The SMILES string of the molecule is CCC(C)(OCC1CCCCO1)C(=O)O. The lowest BCUT2D eigenvalue weighted by molar-refractivity contribution is -0.170. The van der Waals surface area contributed by atoms with E-state index in [9.17, 15) is 4.79 Å². The first-order chi connectivity index (χ1) is 7.08. The van der Waals surface area contributed by atoms with Gasteiger partial charge < -0.3 is 14.6 Å². The molecule has 4 heteroatoms. The van der Waals surface area contributed by atoms with Crippen LogP contribution in [0.15, 0.2) is 0 Å². The molecule has 0 saturated carbocycles. The molecule has 1 saturated heterocycles. The van der Waals surface area contributed by atoms with Crippen LogP contribution in [0, 0.1) is 0 Å². The van der Waals surface area contributed by atoms with Crippen LogP contribution in [-0.4, -0.2) is 36.0 Å². The molecule has 1 fully saturated rings. The molecule has 0 bridgehead atoms. The third-order valence-electron chi connectivity index (χ3n) is 2.99. The predicted octanol–water partition coefficient (Wildman–Crippen LogP) is 1.83. The number of carbonyl (C=O) groups is 1.